The van der Waals surface area contributed by atoms with Gasteiger partial charge in [0, 0.05) is 5.38 Å². The van der Waals surface area contributed by atoms with E-state index in [-0.39, 0.29) is 11.7 Å². The Labute approximate surface area is 100 Å². The number of hydrogen-bond donors (Lipinski definition) is 1. The van der Waals surface area contributed by atoms with Gasteiger partial charge in [-0.2, -0.15) is 0 Å². The van der Waals surface area contributed by atoms with Crippen molar-refractivity contribution in [3.05, 3.63) is 28.9 Å². The predicted molar refractivity (Wildman–Crippen MR) is 60.9 cm³/mol. The van der Waals surface area contributed by atoms with Gasteiger partial charge in [0.1, 0.15) is 0 Å². The Morgan fingerprint density at radius 3 is 3.06 bits per heavy atom. The zero-order valence-electron chi connectivity index (χ0n) is 8.36. The Kier molecular flexibility index (Phi) is 3.21. The van der Waals surface area contributed by atoms with E-state index in [0.717, 1.165) is 5.69 Å². The molecule has 2 aromatic heterocycles. The monoisotopic (exact) mass is 257 g/mol. The van der Waals surface area contributed by atoms with Gasteiger partial charge in [0.15, 0.2) is 11.5 Å². The van der Waals surface area contributed by atoms with Crippen LogP contribution in [0.25, 0.3) is 0 Å². The number of carbonyl (C=O) groups is 1. The number of halogens is 1. The number of rotatable bonds is 3. The topological polar surface area (TPSA) is 68.0 Å². The highest BCUT2D eigenvalue weighted by atomic mass is 35.5. The molecule has 2 aromatic rings. The van der Waals surface area contributed by atoms with Crippen molar-refractivity contribution in [2.45, 2.75) is 12.8 Å². The minimum Gasteiger partial charge on any atom is -0.438 e. The van der Waals surface area contributed by atoms with Crippen LogP contribution in [0.2, 0.25) is 0 Å². The molecule has 0 saturated heterocycles. The average Bonchev–Trinajstić information content (AvgIpc) is 2.86. The van der Waals surface area contributed by atoms with Gasteiger partial charge in [0.05, 0.1) is 17.3 Å². The lowest BCUT2D eigenvalue weighted by Crippen LogP contribution is -2.12. The van der Waals surface area contributed by atoms with Crippen molar-refractivity contribution < 1.29 is 9.21 Å². The van der Waals surface area contributed by atoms with Gasteiger partial charge in [-0.25, -0.2) is 9.97 Å². The molecule has 84 valence electrons. The minimum absolute atomic E-state index is 0.197. The summed E-state index contributed by atoms with van der Waals surface area (Å²) in [6, 6.07) is 0. The van der Waals surface area contributed by atoms with E-state index in [9.17, 15) is 4.79 Å². The number of anilines is 1. The number of carbonyl (C=O) groups excluding carboxylic acids is 1. The van der Waals surface area contributed by atoms with Crippen LogP contribution in [0.5, 0.6) is 0 Å². The van der Waals surface area contributed by atoms with E-state index < -0.39 is 0 Å². The van der Waals surface area contributed by atoms with Crippen LogP contribution in [0.15, 0.2) is 16.2 Å². The summed E-state index contributed by atoms with van der Waals surface area (Å²) in [7, 11) is 0. The minimum atomic E-state index is -0.356. The molecule has 2 rings (SSSR count). The number of aryl methyl sites for hydroxylation is 1. The van der Waals surface area contributed by atoms with Crippen LogP contribution in [-0.4, -0.2) is 15.9 Å². The van der Waals surface area contributed by atoms with Gasteiger partial charge in [-0.15, -0.1) is 22.9 Å². The van der Waals surface area contributed by atoms with E-state index in [1.165, 1.54) is 17.7 Å². The van der Waals surface area contributed by atoms with Crippen molar-refractivity contribution in [2.24, 2.45) is 0 Å². The largest absolute Gasteiger partial charge is 0.438 e. The lowest BCUT2D eigenvalue weighted by Gasteiger charge is -1.97. The first kappa shape index (κ1) is 11.1. The highest BCUT2D eigenvalue weighted by molar-refractivity contribution is 7.14. The molecule has 1 amide bonds. The van der Waals surface area contributed by atoms with Crippen molar-refractivity contribution in [1.29, 1.82) is 0 Å². The standard InChI is InChI=1S/C9H8ClN3O2S/c1-5-7(15-4-11-5)8(14)13-9-12-6(2-10)3-16-9/h3-4H,2H2,1H3,(H,12,13,14). The van der Waals surface area contributed by atoms with E-state index in [1.54, 1.807) is 12.3 Å². The number of oxazole rings is 1. The molecule has 0 aliphatic carbocycles. The van der Waals surface area contributed by atoms with Crippen molar-refractivity contribution in [1.82, 2.24) is 9.97 Å². The lowest BCUT2D eigenvalue weighted by molar-refractivity contribution is 0.0996. The Hall–Kier alpha value is -1.40. The normalized spacial score (nSPS) is 10.4. The third kappa shape index (κ3) is 2.23. The molecule has 0 unspecified atom stereocenters. The van der Waals surface area contributed by atoms with Crippen LogP contribution in [-0.2, 0) is 5.88 Å². The molecule has 0 radical (unpaired) electrons. The van der Waals surface area contributed by atoms with E-state index >= 15 is 0 Å². The van der Waals surface area contributed by atoms with Gasteiger partial charge >= 0.3 is 0 Å². The molecule has 0 aromatic carbocycles. The second-order valence-electron chi connectivity index (χ2n) is 3.00. The molecular formula is C9H8ClN3O2S. The fourth-order valence-electron chi connectivity index (χ4n) is 1.10. The summed E-state index contributed by atoms with van der Waals surface area (Å²) < 4.78 is 4.96. The smallest absolute Gasteiger partial charge is 0.295 e. The van der Waals surface area contributed by atoms with Crippen LogP contribution in [0.4, 0.5) is 5.13 Å². The molecule has 16 heavy (non-hydrogen) atoms. The van der Waals surface area contributed by atoms with E-state index in [0.29, 0.717) is 16.7 Å². The molecule has 2 heterocycles. The molecule has 1 N–H and O–H groups in total. The van der Waals surface area contributed by atoms with E-state index in [2.05, 4.69) is 15.3 Å². The number of aromatic nitrogens is 2. The van der Waals surface area contributed by atoms with Crippen molar-refractivity contribution in [2.75, 3.05) is 5.32 Å². The number of nitrogens with zero attached hydrogens (tertiary/aromatic N) is 2. The summed E-state index contributed by atoms with van der Waals surface area (Å²) in [5.74, 6) is 0.168. The van der Waals surface area contributed by atoms with Crippen molar-refractivity contribution in [3.8, 4) is 0 Å². The first-order chi connectivity index (χ1) is 7.70. The number of thiazole rings is 1. The van der Waals surface area contributed by atoms with Gasteiger partial charge in [-0.1, -0.05) is 0 Å². The maximum Gasteiger partial charge on any atom is 0.295 e. The highest BCUT2D eigenvalue weighted by Gasteiger charge is 2.15. The summed E-state index contributed by atoms with van der Waals surface area (Å²) in [5.41, 5.74) is 1.28. The van der Waals surface area contributed by atoms with Crippen LogP contribution in [0, 0.1) is 6.92 Å². The average molecular weight is 258 g/mol. The molecular weight excluding hydrogens is 250 g/mol. The van der Waals surface area contributed by atoms with Crippen LogP contribution in [0.1, 0.15) is 21.9 Å². The number of amides is 1. The van der Waals surface area contributed by atoms with Crippen LogP contribution >= 0.6 is 22.9 Å². The fourth-order valence-corrected chi connectivity index (χ4v) is 2.03. The second kappa shape index (κ2) is 4.63. The molecule has 7 heteroatoms. The fraction of sp³-hybridized carbons (Fsp3) is 0.222. The molecule has 0 aliphatic rings. The molecule has 0 spiro atoms. The molecule has 5 nitrogen and oxygen atoms in total. The molecule has 0 saturated carbocycles. The van der Waals surface area contributed by atoms with Gasteiger partial charge < -0.3 is 4.42 Å². The quantitative estimate of drug-likeness (QED) is 0.858. The summed E-state index contributed by atoms with van der Waals surface area (Å²) in [4.78, 5) is 19.6. The summed E-state index contributed by atoms with van der Waals surface area (Å²) in [5, 5.41) is 4.90. The van der Waals surface area contributed by atoms with Gasteiger partial charge in [-0.3, -0.25) is 10.1 Å². The zero-order valence-corrected chi connectivity index (χ0v) is 9.93. The second-order valence-corrected chi connectivity index (χ2v) is 4.12. The molecule has 0 bridgehead atoms. The third-order valence-corrected chi connectivity index (χ3v) is 2.94. The van der Waals surface area contributed by atoms with Gasteiger partial charge in [0.2, 0.25) is 5.76 Å². The maximum absolute atomic E-state index is 11.7. The summed E-state index contributed by atoms with van der Waals surface area (Å²) in [6.07, 6.45) is 1.23. The number of nitrogens with one attached hydrogen (secondary N) is 1. The highest BCUT2D eigenvalue weighted by Crippen LogP contribution is 2.18. The first-order valence-corrected chi connectivity index (χ1v) is 5.84. The third-order valence-electron chi connectivity index (χ3n) is 1.86. The number of alkyl halides is 1. The van der Waals surface area contributed by atoms with Crippen molar-refractivity contribution >= 4 is 34.0 Å². The molecule has 0 fully saturated rings. The van der Waals surface area contributed by atoms with E-state index in [4.69, 9.17) is 16.0 Å². The summed E-state index contributed by atoms with van der Waals surface area (Å²) >= 11 is 6.92. The van der Waals surface area contributed by atoms with Gasteiger partial charge in [-0.05, 0) is 6.92 Å². The Balaban J connectivity index is 2.11. The first-order valence-electron chi connectivity index (χ1n) is 4.42. The predicted octanol–water partition coefficient (Wildman–Crippen LogP) is 2.43. The Bertz CT molecular complexity index is 508. The zero-order chi connectivity index (χ0) is 11.5. The van der Waals surface area contributed by atoms with Crippen LogP contribution in [0.3, 0.4) is 0 Å². The summed E-state index contributed by atoms with van der Waals surface area (Å²) in [6.45, 7) is 1.70. The van der Waals surface area contributed by atoms with Crippen molar-refractivity contribution in [3.63, 3.8) is 0 Å². The van der Waals surface area contributed by atoms with Gasteiger partial charge in [0.25, 0.3) is 5.91 Å². The lowest BCUT2D eigenvalue weighted by atomic mass is 10.3. The SMILES string of the molecule is Cc1ncoc1C(=O)Nc1nc(CCl)cs1. The number of hydrogen-bond acceptors (Lipinski definition) is 5. The molecule has 0 atom stereocenters. The maximum atomic E-state index is 11.7. The Morgan fingerprint density at radius 1 is 1.69 bits per heavy atom. The van der Waals surface area contributed by atoms with Crippen LogP contribution < -0.4 is 5.32 Å². The molecule has 0 aliphatic heterocycles. The van der Waals surface area contributed by atoms with E-state index in [1.807, 2.05) is 0 Å². The Morgan fingerprint density at radius 2 is 2.50 bits per heavy atom.